The van der Waals surface area contributed by atoms with E-state index in [0.717, 1.165) is 6.07 Å². The molecule has 0 unspecified atom stereocenters. The number of halogens is 3. The number of aromatic nitrogens is 2. The lowest BCUT2D eigenvalue weighted by atomic mass is 10.1. The Labute approximate surface area is 111 Å². The molecular formula is C13H10F3N3O. The van der Waals surface area contributed by atoms with Crippen LogP contribution in [0.4, 0.5) is 19.1 Å². The zero-order valence-corrected chi connectivity index (χ0v) is 10.4. The van der Waals surface area contributed by atoms with Crippen molar-refractivity contribution in [2.24, 2.45) is 7.05 Å². The summed E-state index contributed by atoms with van der Waals surface area (Å²) in [6.45, 7) is 0. The van der Waals surface area contributed by atoms with Gasteiger partial charge >= 0.3 is 6.18 Å². The maximum Gasteiger partial charge on any atom is 0.418 e. The molecule has 0 fully saturated rings. The number of anilines is 1. The van der Waals surface area contributed by atoms with Gasteiger partial charge in [0.05, 0.1) is 11.1 Å². The van der Waals surface area contributed by atoms with E-state index >= 15 is 0 Å². The van der Waals surface area contributed by atoms with Crippen LogP contribution in [0.2, 0.25) is 0 Å². The summed E-state index contributed by atoms with van der Waals surface area (Å²) in [7, 11) is 1.56. The topological polar surface area (TPSA) is 57.0 Å². The Bertz CT molecular complexity index is 786. The molecule has 0 amide bonds. The number of nitrogen functional groups attached to an aromatic ring is 1. The molecule has 104 valence electrons. The fourth-order valence-electron chi connectivity index (χ4n) is 2.32. The number of hydrogen-bond acceptors (Lipinski definition) is 3. The first kappa shape index (κ1) is 12.6. The summed E-state index contributed by atoms with van der Waals surface area (Å²) in [5.74, 6) is 0.115. The normalized spacial score (nSPS) is 12.2. The third kappa shape index (κ3) is 1.82. The van der Waals surface area contributed by atoms with Gasteiger partial charge in [0.15, 0.2) is 0 Å². The molecule has 1 aromatic carbocycles. The molecule has 3 aromatic rings. The highest BCUT2D eigenvalue weighted by molar-refractivity contribution is 5.97. The summed E-state index contributed by atoms with van der Waals surface area (Å²) in [6, 6.07) is 5.53. The lowest BCUT2D eigenvalue weighted by Gasteiger charge is -2.09. The van der Waals surface area contributed by atoms with Crippen molar-refractivity contribution in [2.45, 2.75) is 6.18 Å². The van der Waals surface area contributed by atoms with Crippen LogP contribution in [0, 0.1) is 0 Å². The highest BCUT2D eigenvalue weighted by Gasteiger charge is 2.34. The number of para-hydroxylation sites is 1. The van der Waals surface area contributed by atoms with Gasteiger partial charge in [-0.3, -0.25) is 0 Å². The lowest BCUT2D eigenvalue weighted by Crippen LogP contribution is -2.07. The van der Waals surface area contributed by atoms with Crippen LogP contribution in [-0.2, 0) is 13.2 Å². The summed E-state index contributed by atoms with van der Waals surface area (Å²) in [4.78, 5) is 0. The number of benzene rings is 1. The van der Waals surface area contributed by atoms with Crippen LogP contribution in [0.5, 0.6) is 0 Å². The third-order valence-corrected chi connectivity index (χ3v) is 3.11. The molecule has 2 N–H and O–H groups in total. The lowest BCUT2D eigenvalue weighted by molar-refractivity contribution is -0.136. The zero-order valence-electron chi connectivity index (χ0n) is 10.4. The van der Waals surface area contributed by atoms with Gasteiger partial charge in [0.25, 0.3) is 0 Å². The quantitative estimate of drug-likeness (QED) is 0.743. The molecule has 7 heteroatoms. The molecule has 0 atom stereocenters. The number of nitrogens with zero attached hydrogens (tertiary/aromatic N) is 2. The van der Waals surface area contributed by atoms with E-state index in [-0.39, 0.29) is 11.4 Å². The van der Waals surface area contributed by atoms with Crippen LogP contribution >= 0.6 is 0 Å². The molecule has 2 aromatic heterocycles. The second-order valence-corrected chi connectivity index (χ2v) is 4.47. The average molecular weight is 281 g/mol. The maximum absolute atomic E-state index is 13.0. The van der Waals surface area contributed by atoms with E-state index in [1.165, 1.54) is 16.7 Å². The Morgan fingerprint density at radius 3 is 2.65 bits per heavy atom. The van der Waals surface area contributed by atoms with E-state index in [2.05, 4.69) is 5.16 Å². The summed E-state index contributed by atoms with van der Waals surface area (Å²) >= 11 is 0. The van der Waals surface area contributed by atoms with Gasteiger partial charge in [0, 0.05) is 30.3 Å². The summed E-state index contributed by atoms with van der Waals surface area (Å²) < 4.78 is 45.3. The molecule has 20 heavy (non-hydrogen) atoms. The largest absolute Gasteiger partial charge is 0.418 e. The Morgan fingerprint density at radius 1 is 1.30 bits per heavy atom. The predicted octanol–water partition coefficient (Wildman–Crippen LogP) is 3.43. The first-order valence-corrected chi connectivity index (χ1v) is 5.75. The van der Waals surface area contributed by atoms with Gasteiger partial charge in [0.1, 0.15) is 5.69 Å². The molecule has 0 aliphatic carbocycles. The van der Waals surface area contributed by atoms with Crippen molar-refractivity contribution >= 4 is 16.8 Å². The molecular weight excluding hydrogens is 271 g/mol. The Kier molecular flexibility index (Phi) is 2.53. The Hall–Kier alpha value is -2.44. The Morgan fingerprint density at radius 2 is 2.05 bits per heavy atom. The first-order chi connectivity index (χ1) is 9.38. The van der Waals surface area contributed by atoms with E-state index in [9.17, 15) is 13.2 Å². The van der Waals surface area contributed by atoms with Crippen molar-refractivity contribution in [1.82, 2.24) is 9.72 Å². The van der Waals surface area contributed by atoms with Crippen molar-refractivity contribution in [3.05, 3.63) is 36.0 Å². The van der Waals surface area contributed by atoms with Crippen LogP contribution in [0.25, 0.3) is 22.2 Å². The fraction of sp³-hybridized carbons (Fsp3) is 0.154. The predicted molar refractivity (Wildman–Crippen MR) is 67.8 cm³/mol. The van der Waals surface area contributed by atoms with Crippen molar-refractivity contribution < 1.29 is 17.7 Å². The van der Waals surface area contributed by atoms with Gasteiger partial charge in [0.2, 0.25) is 5.88 Å². The summed E-state index contributed by atoms with van der Waals surface area (Å²) in [5.41, 5.74) is 5.84. The molecule has 0 aliphatic heterocycles. The monoisotopic (exact) mass is 281 g/mol. The number of hydrogen-bond donors (Lipinski definition) is 1. The zero-order chi connectivity index (χ0) is 14.5. The van der Waals surface area contributed by atoms with E-state index < -0.39 is 11.7 Å². The van der Waals surface area contributed by atoms with Crippen LogP contribution in [-0.4, -0.2) is 9.72 Å². The number of aryl methyl sites for hydroxylation is 1. The van der Waals surface area contributed by atoms with Gasteiger partial charge in [-0.1, -0.05) is 17.3 Å². The van der Waals surface area contributed by atoms with Crippen molar-refractivity contribution in [2.75, 3.05) is 5.73 Å². The standard InChI is InChI=1S/C13H10F3N3O/c1-19-6-8(10-5-11(17)20-18-10)7-3-2-4-9(12(7)19)13(14,15)16/h2-6H,17H2,1H3. The van der Waals surface area contributed by atoms with Crippen LogP contribution in [0.1, 0.15) is 5.56 Å². The average Bonchev–Trinajstić information content (AvgIpc) is 2.93. The molecule has 0 bridgehead atoms. The van der Waals surface area contributed by atoms with Crippen molar-refractivity contribution in [1.29, 1.82) is 0 Å². The van der Waals surface area contributed by atoms with Gasteiger partial charge in [-0.15, -0.1) is 0 Å². The summed E-state index contributed by atoms with van der Waals surface area (Å²) in [6.07, 6.45) is -2.83. The SMILES string of the molecule is Cn1cc(-c2cc(N)on2)c2cccc(C(F)(F)F)c21. The molecule has 0 aliphatic rings. The summed E-state index contributed by atoms with van der Waals surface area (Å²) in [5, 5.41) is 4.20. The van der Waals surface area contributed by atoms with Gasteiger partial charge in [-0.05, 0) is 6.07 Å². The number of rotatable bonds is 1. The van der Waals surface area contributed by atoms with E-state index in [1.54, 1.807) is 19.3 Å². The van der Waals surface area contributed by atoms with E-state index in [0.29, 0.717) is 16.6 Å². The number of nitrogens with two attached hydrogens (primary N) is 1. The molecule has 0 saturated carbocycles. The minimum atomic E-state index is -4.41. The number of alkyl halides is 3. The van der Waals surface area contributed by atoms with Crippen LogP contribution in [0.15, 0.2) is 35.0 Å². The molecule has 0 spiro atoms. The van der Waals surface area contributed by atoms with Crippen LogP contribution < -0.4 is 5.73 Å². The maximum atomic E-state index is 13.0. The smallest absolute Gasteiger partial charge is 0.368 e. The molecule has 2 heterocycles. The second-order valence-electron chi connectivity index (χ2n) is 4.47. The third-order valence-electron chi connectivity index (χ3n) is 3.11. The number of fused-ring (bicyclic) bond motifs is 1. The van der Waals surface area contributed by atoms with Gasteiger partial charge in [-0.2, -0.15) is 13.2 Å². The van der Waals surface area contributed by atoms with Gasteiger partial charge in [-0.25, -0.2) is 0 Å². The second kappa shape index (κ2) is 4.03. The van der Waals surface area contributed by atoms with Crippen molar-refractivity contribution in [3.63, 3.8) is 0 Å². The first-order valence-electron chi connectivity index (χ1n) is 5.75. The molecule has 3 rings (SSSR count). The minimum absolute atomic E-state index is 0.108. The fourth-order valence-corrected chi connectivity index (χ4v) is 2.32. The van der Waals surface area contributed by atoms with Crippen molar-refractivity contribution in [3.8, 4) is 11.3 Å². The molecule has 0 saturated heterocycles. The Balaban J connectivity index is 2.33. The molecule has 0 radical (unpaired) electrons. The van der Waals surface area contributed by atoms with E-state index in [1.807, 2.05) is 0 Å². The van der Waals surface area contributed by atoms with E-state index in [4.69, 9.17) is 10.3 Å². The van der Waals surface area contributed by atoms with Gasteiger partial charge < -0.3 is 14.8 Å². The minimum Gasteiger partial charge on any atom is -0.368 e. The highest BCUT2D eigenvalue weighted by atomic mass is 19.4. The molecule has 4 nitrogen and oxygen atoms in total. The van der Waals surface area contributed by atoms with Crippen LogP contribution in [0.3, 0.4) is 0 Å². The highest BCUT2D eigenvalue weighted by Crippen LogP contribution is 2.38.